The molecule has 3 unspecified atom stereocenters. The number of para-hydroxylation sites is 1. The summed E-state index contributed by atoms with van der Waals surface area (Å²) in [6, 6.07) is 17.0. The Labute approximate surface area is 136 Å². The summed E-state index contributed by atoms with van der Waals surface area (Å²) >= 11 is 0. The highest BCUT2D eigenvalue weighted by molar-refractivity contribution is 5.82. The zero-order valence-electron chi connectivity index (χ0n) is 13.1. The number of benzene rings is 2. The van der Waals surface area contributed by atoms with E-state index in [9.17, 15) is 9.90 Å². The van der Waals surface area contributed by atoms with Crippen molar-refractivity contribution in [3.05, 3.63) is 65.7 Å². The van der Waals surface area contributed by atoms with Gasteiger partial charge in [-0.25, -0.2) is 0 Å². The van der Waals surface area contributed by atoms with Crippen LogP contribution in [0.2, 0.25) is 0 Å². The number of aliphatic hydroxyl groups is 1. The van der Waals surface area contributed by atoms with E-state index in [1.54, 1.807) is 0 Å². The number of fused-ring (bicyclic) bond motifs is 1. The van der Waals surface area contributed by atoms with Gasteiger partial charge in [0.2, 0.25) is 0 Å². The number of nitrogens with one attached hydrogen (secondary N) is 1. The third-order valence-corrected chi connectivity index (χ3v) is 4.09. The van der Waals surface area contributed by atoms with Gasteiger partial charge in [-0.15, -0.1) is 0 Å². The molecule has 1 heterocycles. The predicted octanol–water partition coefficient (Wildman–Crippen LogP) is 2.62. The Hall–Kier alpha value is -2.33. The van der Waals surface area contributed by atoms with Crippen LogP contribution in [-0.4, -0.2) is 23.2 Å². The molecule has 0 spiro atoms. The van der Waals surface area contributed by atoms with E-state index in [4.69, 9.17) is 4.74 Å². The molecule has 120 valence electrons. The molecule has 0 bridgehead atoms. The van der Waals surface area contributed by atoms with E-state index < -0.39 is 12.2 Å². The molecule has 1 aliphatic heterocycles. The van der Waals surface area contributed by atoms with E-state index in [-0.39, 0.29) is 11.9 Å². The third-order valence-electron chi connectivity index (χ3n) is 4.09. The second-order valence-corrected chi connectivity index (χ2v) is 5.99. The molecular formula is C19H21NO3. The van der Waals surface area contributed by atoms with Gasteiger partial charge in [0.1, 0.15) is 5.75 Å². The molecule has 3 atom stereocenters. The van der Waals surface area contributed by atoms with Crippen LogP contribution in [0.4, 0.5) is 0 Å². The topological polar surface area (TPSA) is 58.6 Å². The van der Waals surface area contributed by atoms with Gasteiger partial charge in [0.15, 0.2) is 6.10 Å². The SMILES string of the molecule is CC(CC(O)c1ccccc1)NC(=O)C1Cc2ccccc2O1. The lowest BCUT2D eigenvalue weighted by molar-refractivity contribution is -0.128. The zero-order chi connectivity index (χ0) is 16.2. The van der Waals surface area contributed by atoms with Gasteiger partial charge in [0, 0.05) is 12.5 Å². The molecule has 1 amide bonds. The molecule has 2 aromatic carbocycles. The first-order valence-electron chi connectivity index (χ1n) is 7.91. The van der Waals surface area contributed by atoms with Crippen molar-refractivity contribution in [3.63, 3.8) is 0 Å². The first-order chi connectivity index (χ1) is 11.1. The van der Waals surface area contributed by atoms with Crippen molar-refractivity contribution in [1.82, 2.24) is 5.32 Å². The lowest BCUT2D eigenvalue weighted by atomic mass is 10.0. The van der Waals surface area contributed by atoms with Crippen LogP contribution < -0.4 is 10.1 Å². The van der Waals surface area contributed by atoms with Crippen molar-refractivity contribution in [3.8, 4) is 5.75 Å². The van der Waals surface area contributed by atoms with E-state index in [2.05, 4.69) is 5.32 Å². The third kappa shape index (κ3) is 3.71. The molecule has 0 fully saturated rings. The normalized spacial score (nSPS) is 18.6. The molecule has 0 saturated heterocycles. The summed E-state index contributed by atoms with van der Waals surface area (Å²) in [7, 11) is 0. The van der Waals surface area contributed by atoms with Crippen molar-refractivity contribution in [2.24, 2.45) is 0 Å². The maximum absolute atomic E-state index is 12.3. The number of aliphatic hydroxyl groups excluding tert-OH is 1. The fourth-order valence-corrected chi connectivity index (χ4v) is 2.87. The second kappa shape index (κ2) is 6.84. The second-order valence-electron chi connectivity index (χ2n) is 5.99. The van der Waals surface area contributed by atoms with Crippen LogP contribution in [0.5, 0.6) is 5.75 Å². The highest BCUT2D eigenvalue weighted by Crippen LogP contribution is 2.28. The van der Waals surface area contributed by atoms with Crippen LogP contribution in [0.25, 0.3) is 0 Å². The lowest BCUT2D eigenvalue weighted by Crippen LogP contribution is -2.42. The van der Waals surface area contributed by atoms with Crippen molar-refractivity contribution in [2.45, 2.75) is 38.0 Å². The number of rotatable bonds is 5. The van der Waals surface area contributed by atoms with Crippen LogP contribution in [0.3, 0.4) is 0 Å². The summed E-state index contributed by atoms with van der Waals surface area (Å²) in [5.74, 6) is 0.651. The molecule has 0 saturated carbocycles. The number of hydrogen-bond donors (Lipinski definition) is 2. The molecule has 3 rings (SSSR count). The Kier molecular flexibility index (Phi) is 4.63. The molecule has 4 heteroatoms. The summed E-state index contributed by atoms with van der Waals surface area (Å²) in [5, 5.41) is 13.2. The van der Waals surface area contributed by atoms with Gasteiger partial charge in [0.25, 0.3) is 5.91 Å². The summed E-state index contributed by atoms with van der Waals surface area (Å²) in [6.07, 6.45) is -0.0114. The maximum Gasteiger partial charge on any atom is 0.261 e. The number of carbonyl (C=O) groups is 1. The number of hydrogen-bond acceptors (Lipinski definition) is 3. The summed E-state index contributed by atoms with van der Waals surface area (Å²) in [5.41, 5.74) is 1.92. The fourth-order valence-electron chi connectivity index (χ4n) is 2.87. The maximum atomic E-state index is 12.3. The highest BCUT2D eigenvalue weighted by Gasteiger charge is 2.29. The molecule has 23 heavy (non-hydrogen) atoms. The number of carbonyl (C=O) groups excluding carboxylic acids is 1. The van der Waals surface area contributed by atoms with E-state index in [1.807, 2.05) is 61.5 Å². The van der Waals surface area contributed by atoms with Crippen molar-refractivity contribution >= 4 is 5.91 Å². The average Bonchev–Trinajstić information content (AvgIpc) is 2.99. The highest BCUT2D eigenvalue weighted by atomic mass is 16.5. The van der Waals surface area contributed by atoms with Crippen LogP contribution in [0.15, 0.2) is 54.6 Å². The van der Waals surface area contributed by atoms with Crippen LogP contribution in [0, 0.1) is 0 Å². The van der Waals surface area contributed by atoms with Gasteiger partial charge < -0.3 is 15.2 Å². The standard InChI is InChI=1S/C19H21NO3/c1-13(11-16(21)14-7-3-2-4-8-14)20-19(22)18-12-15-9-5-6-10-17(15)23-18/h2-10,13,16,18,21H,11-12H2,1H3,(H,20,22). The van der Waals surface area contributed by atoms with Gasteiger partial charge in [-0.3, -0.25) is 4.79 Å². The van der Waals surface area contributed by atoms with Crippen molar-refractivity contribution < 1.29 is 14.6 Å². The van der Waals surface area contributed by atoms with Crippen molar-refractivity contribution in [2.75, 3.05) is 0 Å². The van der Waals surface area contributed by atoms with Gasteiger partial charge in [-0.05, 0) is 30.5 Å². The molecule has 4 nitrogen and oxygen atoms in total. The molecule has 0 aliphatic carbocycles. The first kappa shape index (κ1) is 15.6. The van der Waals surface area contributed by atoms with E-state index in [0.717, 1.165) is 16.9 Å². The summed E-state index contributed by atoms with van der Waals surface area (Å²) in [6.45, 7) is 1.89. The zero-order valence-corrected chi connectivity index (χ0v) is 13.1. The Morgan fingerprint density at radius 1 is 1.22 bits per heavy atom. The van der Waals surface area contributed by atoms with Gasteiger partial charge in [-0.2, -0.15) is 0 Å². The fraction of sp³-hybridized carbons (Fsp3) is 0.316. The van der Waals surface area contributed by atoms with Gasteiger partial charge in [-0.1, -0.05) is 48.5 Å². The average molecular weight is 311 g/mol. The van der Waals surface area contributed by atoms with Gasteiger partial charge in [0.05, 0.1) is 6.10 Å². The molecular weight excluding hydrogens is 290 g/mol. The minimum atomic E-state index is -0.590. The van der Waals surface area contributed by atoms with Gasteiger partial charge >= 0.3 is 0 Å². The van der Waals surface area contributed by atoms with E-state index in [0.29, 0.717) is 12.8 Å². The van der Waals surface area contributed by atoms with E-state index >= 15 is 0 Å². The molecule has 2 N–H and O–H groups in total. The Balaban J connectivity index is 1.52. The number of ether oxygens (including phenoxy) is 1. The quantitative estimate of drug-likeness (QED) is 0.892. The molecule has 0 aromatic heterocycles. The largest absolute Gasteiger partial charge is 0.480 e. The predicted molar refractivity (Wildman–Crippen MR) is 88.2 cm³/mol. The van der Waals surface area contributed by atoms with Crippen LogP contribution in [-0.2, 0) is 11.2 Å². The smallest absolute Gasteiger partial charge is 0.261 e. The molecule has 1 aliphatic rings. The number of amides is 1. The van der Waals surface area contributed by atoms with Crippen LogP contribution >= 0.6 is 0 Å². The Bertz CT molecular complexity index is 646. The minimum absolute atomic E-state index is 0.131. The first-order valence-corrected chi connectivity index (χ1v) is 7.91. The van der Waals surface area contributed by atoms with Crippen molar-refractivity contribution in [1.29, 1.82) is 0 Å². The summed E-state index contributed by atoms with van der Waals surface area (Å²) < 4.78 is 5.68. The minimum Gasteiger partial charge on any atom is -0.480 e. The monoisotopic (exact) mass is 311 g/mol. The Morgan fingerprint density at radius 3 is 2.65 bits per heavy atom. The molecule has 2 aromatic rings. The van der Waals surface area contributed by atoms with Crippen LogP contribution in [0.1, 0.15) is 30.6 Å². The lowest BCUT2D eigenvalue weighted by Gasteiger charge is -2.20. The Morgan fingerprint density at radius 2 is 1.91 bits per heavy atom. The molecule has 0 radical (unpaired) electrons. The summed E-state index contributed by atoms with van der Waals surface area (Å²) in [4.78, 5) is 12.3. The van der Waals surface area contributed by atoms with E-state index in [1.165, 1.54) is 0 Å².